The predicted molar refractivity (Wildman–Crippen MR) is 58.0 cm³/mol. The third kappa shape index (κ3) is 2.45. The minimum absolute atomic E-state index is 0.325. The molecule has 0 amide bonds. The minimum Gasteiger partial charge on any atom is -0.241 e. The van der Waals surface area contributed by atoms with Gasteiger partial charge in [-0.05, 0) is 22.6 Å². The van der Waals surface area contributed by atoms with Crippen LogP contribution in [-0.2, 0) is 10.0 Å². The second-order valence-electron chi connectivity index (χ2n) is 2.66. The van der Waals surface area contributed by atoms with Crippen molar-refractivity contribution in [1.82, 2.24) is 4.98 Å². The molecule has 0 bridgehead atoms. The number of rotatable bonds is 2. The summed E-state index contributed by atoms with van der Waals surface area (Å²) in [5.41, 5.74) is -1.03. The second-order valence-corrected chi connectivity index (χ2v) is 5.22. The minimum atomic E-state index is -4.18. The summed E-state index contributed by atoms with van der Waals surface area (Å²) in [6, 6.07) is 1.51. The first kappa shape index (κ1) is 13.2. The molecule has 1 aromatic rings. The SMILES string of the molecule is N#Cc1cnc(S(N)(=O)=O)c(I)c1C(F)F. The highest BCUT2D eigenvalue weighted by atomic mass is 127. The molecule has 0 aliphatic rings. The van der Waals surface area contributed by atoms with E-state index >= 15 is 0 Å². The molecule has 16 heavy (non-hydrogen) atoms. The molecular formula is C7H4F2IN3O2S. The van der Waals surface area contributed by atoms with E-state index in [9.17, 15) is 17.2 Å². The Morgan fingerprint density at radius 3 is 2.50 bits per heavy atom. The quantitative estimate of drug-likeness (QED) is 0.801. The van der Waals surface area contributed by atoms with E-state index in [1.54, 1.807) is 0 Å². The third-order valence-electron chi connectivity index (χ3n) is 1.63. The van der Waals surface area contributed by atoms with E-state index < -0.39 is 27.0 Å². The highest BCUT2D eigenvalue weighted by molar-refractivity contribution is 14.1. The molecule has 0 aromatic carbocycles. The lowest BCUT2D eigenvalue weighted by Crippen LogP contribution is -2.17. The summed E-state index contributed by atoms with van der Waals surface area (Å²) < 4.78 is 46.9. The van der Waals surface area contributed by atoms with Gasteiger partial charge in [0, 0.05) is 6.20 Å². The maximum atomic E-state index is 12.6. The Hall–Kier alpha value is -0.860. The van der Waals surface area contributed by atoms with Crippen molar-refractivity contribution < 1.29 is 17.2 Å². The second kappa shape index (κ2) is 4.56. The first-order valence-electron chi connectivity index (χ1n) is 3.68. The van der Waals surface area contributed by atoms with Gasteiger partial charge in [-0.2, -0.15) is 5.26 Å². The summed E-state index contributed by atoms with van der Waals surface area (Å²) in [5, 5.41) is 12.7. The highest BCUT2D eigenvalue weighted by Crippen LogP contribution is 2.30. The molecule has 0 unspecified atom stereocenters. The van der Waals surface area contributed by atoms with Crippen molar-refractivity contribution >= 4 is 32.6 Å². The number of aromatic nitrogens is 1. The summed E-state index contributed by atoms with van der Waals surface area (Å²) in [5.74, 6) is 0. The largest absolute Gasteiger partial charge is 0.266 e. The predicted octanol–water partition coefficient (Wildman–Crippen LogP) is 1.14. The number of hydrogen-bond acceptors (Lipinski definition) is 4. The molecule has 9 heteroatoms. The normalized spacial score (nSPS) is 11.5. The Bertz CT molecular complexity index is 568. The molecule has 0 fully saturated rings. The molecule has 0 radical (unpaired) electrons. The van der Waals surface area contributed by atoms with Crippen LogP contribution >= 0.6 is 22.6 Å². The van der Waals surface area contributed by atoms with E-state index in [0.29, 0.717) is 0 Å². The summed E-state index contributed by atoms with van der Waals surface area (Å²) >= 11 is 1.38. The van der Waals surface area contributed by atoms with Crippen molar-refractivity contribution in [1.29, 1.82) is 5.26 Å². The molecule has 1 heterocycles. The van der Waals surface area contributed by atoms with Crippen LogP contribution < -0.4 is 5.14 Å². The van der Waals surface area contributed by atoms with Gasteiger partial charge in [0.05, 0.1) is 14.7 Å². The Balaban J connectivity index is 3.65. The van der Waals surface area contributed by atoms with Crippen molar-refractivity contribution in [3.8, 4) is 6.07 Å². The van der Waals surface area contributed by atoms with Gasteiger partial charge in [0.1, 0.15) is 6.07 Å². The van der Waals surface area contributed by atoms with Crippen LogP contribution in [0.5, 0.6) is 0 Å². The standard InChI is InChI=1S/C7H4F2IN3O2S/c8-6(9)4-3(1-11)2-13-7(5(4)10)16(12,14)15/h2,6H,(H2,12,14,15). The topological polar surface area (TPSA) is 96.8 Å². The number of nitriles is 1. The lowest BCUT2D eigenvalue weighted by atomic mass is 10.2. The van der Waals surface area contributed by atoms with Crippen molar-refractivity contribution in [2.24, 2.45) is 5.14 Å². The summed E-state index contributed by atoms with van der Waals surface area (Å²) in [7, 11) is -4.18. The van der Waals surface area contributed by atoms with Gasteiger partial charge < -0.3 is 0 Å². The molecule has 5 nitrogen and oxygen atoms in total. The van der Waals surface area contributed by atoms with Crippen LogP contribution in [0, 0.1) is 14.9 Å². The molecule has 0 saturated carbocycles. The van der Waals surface area contributed by atoms with Crippen LogP contribution in [-0.4, -0.2) is 13.4 Å². The number of alkyl halides is 2. The Morgan fingerprint density at radius 1 is 1.56 bits per heavy atom. The van der Waals surface area contributed by atoms with Gasteiger partial charge in [-0.15, -0.1) is 0 Å². The fraction of sp³-hybridized carbons (Fsp3) is 0.143. The molecule has 0 spiro atoms. The van der Waals surface area contributed by atoms with E-state index in [1.807, 2.05) is 0 Å². The molecule has 0 saturated heterocycles. The molecule has 0 aliphatic carbocycles. The number of primary sulfonamides is 1. The third-order valence-corrected chi connectivity index (χ3v) is 3.94. The Kier molecular flexibility index (Phi) is 3.76. The average molecular weight is 359 g/mol. The zero-order valence-corrected chi connectivity index (χ0v) is 10.5. The zero-order valence-electron chi connectivity index (χ0n) is 7.49. The number of halogens is 3. The maximum Gasteiger partial charge on any atom is 0.266 e. The molecule has 0 aliphatic heterocycles. The van der Waals surface area contributed by atoms with Crippen molar-refractivity contribution in [2.75, 3.05) is 0 Å². The van der Waals surface area contributed by atoms with Crippen LogP contribution in [0.1, 0.15) is 17.6 Å². The zero-order chi connectivity index (χ0) is 12.5. The molecule has 1 aromatic heterocycles. The Morgan fingerprint density at radius 2 is 2.12 bits per heavy atom. The van der Waals surface area contributed by atoms with Gasteiger partial charge >= 0.3 is 0 Å². The van der Waals surface area contributed by atoms with E-state index in [2.05, 4.69) is 4.98 Å². The number of sulfonamides is 1. The van der Waals surface area contributed by atoms with Crippen LogP contribution in [0.4, 0.5) is 8.78 Å². The van der Waals surface area contributed by atoms with Crippen molar-refractivity contribution in [2.45, 2.75) is 11.5 Å². The van der Waals surface area contributed by atoms with Gasteiger partial charge in [0.15, 0.2) is 5.03 Å². The highest BCUT2D eigenvalue weighted by Gasteiger charge is 2.25. The summed E-state index contributed by atoms with van der Waals surface area (Å²) in [6.07, 6.45) is -2.20. The first-order chi connectivity index (χ1) is 7.29. The van der Waals surface area contributed by atoms with Crippen LogP contribution in [0.3, 0.4) is 0 Å². The average Bonchev–Trinajstić information content (AvgIpc) is 2.14. The monoisotopic (exact) mass is 359 g/mol. The van der Waals surface area contributed by atoms with E-state index in [4.69, 9.17) is 10.4 Å². The fourth-order valence-corrected chi connectivity index (χ4v) is 3.13. The number of nitrogens with zero attached hydrogens (tertiary/aromatic N) is 2. The first-order valence-corrected chi connectivity index (χ1v) is 6.31. The van der Waals surface area contributed by atoms with Gasteiger partial charge in [-0.3, -0.25) is 0 Å². The van der Waals surface area contributed by atoms with Gasteiger partial charge in [-0.25, -0.2) is 27.3 Å². The van der Waals surface area contributed by atoms with Crippen molar-refractivity contribution in [3.05, 3.63) is 20.9 Å². The number of pyridine rings is 1. The molecule has 86 valence electrons. The number of nitrogens with two attached hydrogens (primary N) is 1. The fourth-order valence-electron chi connectivity index (χ4n) is 0.984. The van der Waals surface area contributed by atoms with Gasteiger partial charge in [0.25, 0.3) is 16.4 Å². The van der Waals surface area contributed by atoms with E-state index in [1.165, 1.54) is 28.7 Å². The molecular weight excluding hydrogens is 355 g/mol. The van der Waals surface area contributed by atoms with Gasteiger partial charge in [-0.1, -0.05) is 0 Å². The van der Waals surface area contributed by atoms with Crippen LogP contribution in [0.2, 0.25) is 0 Å². The van der Waals surface area contributed by atoms with Crippen LogP contribution in [0.15, 0.2) is 11.2 Å². The summed E-state index contributed by atoms with van der Waals surface area (Å²) in [6.45, 7) is 0. The smallest absolute Gasteiger partial charge is 0.241 e. The van der Waals surface area contributed by atoms with E-state index in [0.717, 1.165) is 6.20 Å². The van der Waals surface area contributed by atoms with Crippen LogP contribution in [0.25, 0.3) is 0 Å². The lowest BCUT2D eigenvalue weighted by Gasteiger charge is -2.08. The lowest BCUT2D eigenvalue weighted by molar-refractivity contribution is 0.149. The Labute approximate surface area is 103 Å². The van der Waals surface area contributed by atoms with Crippen molar-refractivity contribution in [3.63, 3.8) is 0 Å². The molecule has 0 atom stereocenters. The summed E-state index contributed by atoms with van der Waals surface area (Å²) in [4.78, 5) is 3.39. The molecule has 1 rings (SSSR count). The maximum absolute atomic E-state index is 12.6. The van der Waals surface area contributed by atoms with Gasteiger partial charge in [0.2, 0.25) is 0 Å². The molecule has 2 N–H and O–H groups in total. The number of hydrogen-bond donors (Lipinski definition) is 1. The van der Waals surface area contributed by atoms with E-state index in [-0.39, 0.29) is 9.13 Å².